The van der Waals surface area contributed by atoms with E-state index in [-0.39, 0.29) is 11.8 Å². The van der Waals surface area contributed by atoms with Gasteiger partial charge in [-0.25, -0.2) is 4.98 Å². The van der Waals surface area contributed by atoms with Crippen LogP contribution in [-0.4, -0.2) is 65.4 Å². The number of amides is 2. The lowest BCUT2D eigenvalue weighted by atomic mass is 10.2. The summed E-state index contributed by atoms with van der Waals surface area (Å²) in [5.74, 6) is 0.163. The van der Waals surface area contributed by atoms with E-state index < -0.39 is 0 Å². The number of thiazole rings is 1. The summed E-state index contributed by atoms with van der Waals surface area (Å²) in [6, 6.07) is 4.43. The summed E-state index contributed by atoms with van der Waals surface area (Å²) in [4.78, 5) is 35.2. The van der Waals surface area contributed by atoms with Gasteiger partial charge in [0.15, 0.2) is 0 Å². The van der Waals surface area contributed by atoms with Gasteiger partial charge >= 0.3 is 0 Å². The number of carbonyl (C=O) groups is 2. The summed E-state index contributed by atoms with van der Waals surface area (Å²) in [5.41, 5.74) is 0.801. The van der Waals surface area contributed by atoms with Crippen LogP contribution in [-0.2, 0) is 4.79 Å². The molecule has 1 N–H and O–H groups in total. The lowest BCUT2D eigenvalue weighted by Crippen LogP contribution is -2.51. The highest BCUT2D eigenvalue weighted by Crippen LogP contribution is 2.31. The number of nitrogens with zero attached hydrogens (tertiary/aromatic N) is 3. The average molecular weight is 391 g/mol. The summed E-state index contributed by atoms with van der Waals surface area (Å²) < 4.78 is 0. The van der Waals surface area contributed by atoms with Gasteiger partial charge in [0.1, 0.15) is 9.88 Å². The molecule has 0 spiro atoms. The maximum atomic E-state index is 12.9. The van der Waals surface area contributed by atoms with Crippen LogP contribution < -0.4 is 5.32 Å². The van der Waals surface area contributed by atoms with Gasteiger partial charge < -0.3 is 10.2 Å². The van der Waals surface area contributed by atoms with E-state index in [9.17, 15) is 9.59 Å². The van der Waals surface area contributed by atoms with E-state index in [1.807, 2.05) is 29.3 Å². The number of piperazine rings is 1. The predicted molar refractivity (Wildman–Crippen MR) is 104 cm³/mol. The summed E-state index contributed by atoms with van der Waals surface area (Å²) in [6.45, 7) is 5.11. The van der Waals surface area contributed by atoms with Gasteiger partial charge in [0.25, 0.3) is 5.91 Å². The number of thiophene rings is 1. The van der Waals surface area contributed by atoms with Gasteiger partial charge in [-0.2, -0.15) is 0 Å². The van der Waals surface area contributed by atoms with E-state index in [1.54, 1.807) is 11.3 Å². The number of hydrogen-bond acceptors (Lipinski definition) is 6. The standard InChI is InChI=1S/C18H22N4O2S2/c1-12-16(26-17(19-12)14-3-2-10-25-14)18(24)22-8-6-21(7-9-22)11-15(23)20-13-4-5-13/h2-3,10,13H,4-9,11H2,1H3,(H,20,23). The molecule has 1 saturated heterocycles. The topological polar surface area (TPSA) is 65.5 Å². The Hall–Kier alpha value is -1.77. The Kier molecular flexibility index (Phi) is 5.06. The minimum Gasteiger partial charge on any atom is -0.352 e. The highest BCUT2D eigenvalue weighted by molar-refractivity contribution is 7.22. The van der Waals surface area contributed by atoms with Crippen molar-refractivity contribution in [3.63, 3.8) is 0 Å². The van der Waals surface area contributed by atoms with Gasteiger partial charge in [-0.15, -0.1) is 22.7 Å². The molecule has 3 heterocycles. The lowest BCUT2D eigenvalue weighted by Gasteiger charge is -2.34. The maximum absolute atomic E-state index is 12.9. The fourth-order valence-electron chi connectivity index (χ4n) is 3.06. The van der Waals surface area contributed by atoms with Crippen LogP contribution in [0, 0.1) is 6.92 Å². The third kappa shape index (κ3) is 3.97. The van der Waals surface area contributed by atoms with E-state index >= 15 is 0 Å². The third-order valence-corrected chi connectivity index (χ3v) is 6.88. The Bertz CT molecular complexity index is 790. The molecule has 0 aromatic carbocycles. The first-order chi connectivity index (χ1) is 12.6. The molecule has 2 aromatic rings. The second kappa shape index (κ2) is 7.46. The molecule has 2 aliphatic rings. The Morgan fingerprint density at radius 2 is 2.04 bits per heavy atom. The number of aromatic nitrogens is 1. The van der Waals surface area contributed by atoms with Crippen LogP contribution in [0.2, 0.25) is 0 Å². The van der Waals surface area contributed by atoms with E-state index in [0.29, 0.717) is 25.7 Å². The molecule has 8 heteroatoms. The zero-order chi connectivity index (χ0) is 18.1. The van der Waals surface area contributed by atoms with E-state index in [2.05, 4.69) is 15.2 Å². The van der Waals surface area contributed by atoms with Crippen molar-refractivity contribution >= 4 is 34.5 Å². The van der Waals surface area contributed by atoms with Crippen molar-refractivity contribution in [3.05, 3.63) is 28.1 Å². The maximum Gasteiger partial charge on any atom is 0.265 e. The van der Waals surface area contributed by atoms with Gasteiger partial charge in [-0.05, 0) is 31.2 Å². The molecule has 2 amide bonds. The second-order valence-corrected chi connectivity index (χ2v) is 8.77. The van der Waals surface area contributed by atoms with Gasteiger partial charge in [-0.3, -0.25) is 14.5 Å². The van der Waals surface area contributed by atoms with Crippen molar-refractivity contribution in [2.75, 3.05) is 32.7 Å². The minimum atomic E-state index is 0.0601. The molecular formula is C18H22N4O2S2. The fourth-order valence-corrected chi connectivity index (χ4v) is 4.89. The first-order valence-electron chi connectivity index (χ1n) is 8.92. The second-order valence-electron chi connectivity index (χ2n) is 6.82. The summed E-state index contributed by atoms with van der Waals surface area (Å²) in [6.07, 6.45) is 2.21. The zero-order valence-electron chi connectivity index (χ0n) is 14.7. The third-order valence-electron chi connectivity index (χ3n) is 4.69. The van der Waals surface area contributed by atoms with Crippen molar-refractivity contribution in [2.45, 2.75) is 25.8 Å². The number of rotatable bonds is 5. The Balaban J connectivity index is 1.34. The monoisotopic (exact) mass is 390 g/mol. The SMILES string of the molecule is Cc1nc(-c2cccs2)sc1C(=O)N1CCN(CC(=O)NC2CC2)CC1. The van der Waals surface area contributed by atoms with Crippen molar-refractivity contribution in [1.29, 1.82) is 0 Å². The van der Waals surface area contributed by atoms with Crippen molar-refractivity contribution < 1.29 is 9.59 Å². The Morgan fingerprint density at radius 1 is 1.27 bits per heavy atom. The predicted octanol–water partition coefficient (Wildman–Crippen LogP) is 2.22. The van der Waals surface area contributed by atoms with E-state index in [1.165, 1.54) is 11.3 Å². The van der Waals surface area contributed by atoms with Gasteiger partial charge in [-0.1, -0.05) is 6.07 Å². The smallest absolute Gasteiger partial charge is 0.265 e. The highest BCUT2D eigenvalue weighted by Gasteiger charge is 2.28. The van der Waals surface area contributed by atoms with E-state index in [4.69, 9.17) is 0 Å². The van der Waals surface area contributed by atoms with Gasteiger partial charge in [0, 0.05) is 32.2 Å². The fraction of sp³-hybridized carbons (Fsp3) is 0.500. The van der Waals surface area contributed by atoms with Gasteiger partial charge in [0.05, 0.1) is 17.1 Å². The first kappa shape index (κ1) is 17.6. The Morgan fingerprint density at radius 3 is 2.69 bits per heavy atom. The largest absolute Gasteiger partial charge is 0.352 e. The molecule has 0 atom stereocenters. The van der Waals surface area contributed by atoms with Crippen LogP contribution in [0.15, 0.2) is 17.5 Å². The summed E-state index contributed by atoms with van der Waals surface area (Å²) in [5, 5.41) is 5.95. The van der Waals surface area contributed by atoms with Crippen molar-refractivity contribution in [1.82, 2.24) is 20.1 Å². The van der Waals surface area contributed by atoms with Crippen LogP contribution in [0.4, 0.5) is 0 Å². The number of nitrogens with one attached hydrogen (secondary N) is 1. The minimum absolute atomic E-state index is 0.0601. The zero-order valence-corrected chi connectivity index (χ0v) is 16.4. The molecule has 2 aromatic heterocycles. The number of carbonyl (C=O) groups excluding carboxylic acids is 2. The number of aryl methyl sites for hydroxylation is 1. The molecule has 6 nitrogen and oxygen atoms in total. The lowest BCUT2D eigenvalue weighted by molar-refractivity contribution is -0.122. The molecule has 0 bridgehead atoms. The molecule has 4 rings (SSSR count). The van der Waals surface area contributed by atoms with Crippen molar-refractivity contribution in [3.8, 4) is 9.88 Å². The summed E-state index contributed by atoms with van der Waals surface area (Å²) in [7, 11) is 0. The van der Waals surface area contributed by atoms with Gasteiger partial charge in [0.2, 0.25) is 5.91 Å². The van der Waals surface area contributed by atoms with Crippen LogP contribution in [0.5, 0.6) is 0 Å². The average Bonchev–Trinajstić information content (AvgIpc) is 3.11. The molecule has 0 radical (unpaired) electrons. The molecule has 1 aliphatic carbocycles. The molecule has 1 saturated carbocycles. The molecule has 1 aliphatic heterocycles. The summed E-state index contributed by atoms with van der Waals surface area (Å²) >= 11 is 3.11. The Labute approximate surface area is 160 Å². The number of hydrogen-bond donors (Lipinski definition) is 1. The highest BCUT2D eigenvalue weighted by atomic mass is 32.1. The van der Waals surface area contributed by atoms with Crippen LogP contribution >= 0.6 is 22.7 Å². The van der Waals surface area contributed by atoms with Crippen LogP contribution in [0.3, 0.4) is 0 Å². The van der Waals surface area contributed by atoms with Crippen LogP contribution in [0.25, 0.3) is 9.88 Å². The molecule has 2 fully saturated rings. The molecular weight excluding hydrogens is 368 g/mol. The molecule has 0 unspecified atom stereocenters. The normalized spacial score (nSPS) is 18.1. The van der Waals surface area contributed by atoms with Crippen LogP contribution in [0.1, 0.15) is 28.2 Å². The first-order valence-corrected chi connectivity index (χ1v) is 10.6. The quantitative estimate of drug-likeness (QED) is 0.850. The molecule has 26 heavy (non-hydrogen) atoms. The van der Waals surface area contributed by atoms with Crippen molar-refractivity contribution in [2.24, 2.45) is 0 Å². The molecule has 138 valence electrons. The van der Waals surface area contributed by atoms with E-state index in [0.717, 1.165) is 46.4 Å².